The summed E-state index contributed by atoms with van der Waals surface area (Å²) in [6, 6.07) is 9.08. The Morgan fingerprint density at radius 3 is 2.21 bits per heavy atom. The SMILES string of the molecule is COC(C(=O)N(C)C)C(Cc1ccccc1)NC(=O)OC(C)(C)C. The Kier molecular flexibility index (Phi) is 7.22. The Balaban J connectivity index is 2.97. The lowest BCUT2D eigenvalue weighted by molar-refractivity contribution is -0.141. The van der Waals surface area contributed by atoms with Crippen molar-refractivity contribution in [1.29, 1.82) is 0 Å². The monoisotopic (exact) mass is 336 g/mol. The zero-order valence-corrected chi connectivity index (χ0v) is 15.3. The van der Waals surface area contributed by atoms with E-state index < -0.39 is 23.8 Å². The third-order valence-corrected chi connectivity index (χ3v) is 3.30. The third kappa shape index (κ3) is 6.58. The molecular formula is C18H28N2O4. The number of carbonyl (C=O) groups excluding carboxylic acids is 2. The standard InChI is InChI=1S/C18H28N2O4/c1-18(2,3)24-17(22)19-14(12-13-10-8-7-9-11-13)15(23-6)16(21)20(4)5/h7-11,14-15H,12H2,1-6H3,(H,19,22). The molecule has 1 N–H and O–H groups in total. The summed E-state index contributed by atoms with van der Waals surface area (Å²) in [6.07, 6.45) is -0.914. The summed E-state index contributed by atoms with van der Waals surface area (Å²) in [5.74, 6) is -0.213. The number of rotatable bonds is 6. The number of nitrogens with zero attached hydrogens (tertiary/aromatic N) is 1. The minimum Gasteiger partial charge on any atom is -0.444 e. The number of ether oxygens (including phenoxy) is 2. The summed E-state index contributed by atoms with van der Waals surface area (Å²) >= 11 is 0. The van der Waals surface area contributed by atoms with Crippen molar-refractivity contribution in [2.75, 3.05) is 21.2 Å². The van der Waals surface area contributed by atoms with Crippen LogP contribution in [0.2, 0.25) is 0 Å². The van der Waals surface area contributed by atoms with Gasteiger partial charge in [-0.15, -0.1) is 0 Å². The third-order valence-electron chi connectivity index (χ3n) is 3.30. The first-order valence-corrected chi connectivity index (χ1v) is 7.91. The number of benzene rings is 1. The smallest absolute Gasteiger partial charge is 0.407 e. The molecule has 6 nitrogen and oxygen atoms in total. The molecule has 24 heavy (non-hydrogen) atoms. The van der Waals surface area contributed by atoms with Crippen LogP contribution in [0, 0.1) is 0 Å². The molecule has 1 aromatic rings. The zero-order valence-electron chi connectivity index (χ0n) is 15.3. The Bertz CT molecular complexity index is 538. The van der Waals surface area contributed by atoms with Gasteiger partial charge in [-0.1, -0.05) is 30.3 Å². The van der Waals surface area contributed by atoms with E-state index in [1.165, 1.54) is 12.0 Å². The summed E-state index contributed by atoms with van der Waals surface area (Å²) in [7, 11) is 4.77. The van der Waals surface area contributed by atoms with Crippen LogP contribution in [0.25, 0.3) is 0 Å². The topological polar surface area (TPSA) is 67.9 Å². The lowest BCUT2D eigenvalue weighted by Gasteiger charge is -2.29. The maximum absolute atomic E-state index is 12.4. The molecule has 0 aliphatic carbocycles. The van der Waals surface area contributed by atoms with Gasteiger partial charge in [0.15, 0.2) is 6.10 Å². The molecule has 2 atom stereocenters. The second-order valence-corrected chi connectivity index (χ2v) is 6.83. The number of hydrogen-bond donors (Lipinski definition) is 1. The molecule has 0 bridgehead atoms. The van der Waals surface area contributed by atoms with E-state index in [4.69, 9.17) is 9.47 Å². The summed E-state index contributed by atoms with van der Waals surface area (Å²) in [4.78, 5) is 26.0. The van der Waals surface area contributed by atoms with Gasteiger partial charge in [0.05, 0.1) is 6.04 Å². The van der Waals surface area contributed by atoms with Crippen molar-refractivity contribution >= 4 is 12.0 Å². The predicted molar refractivity (Wildman–Crippen MR) is 92.8 cm³/mol. The van der Waals surface area contributed by atoms with E-state index in [2.05, 4.69) is 5.32 Å². The van der Waals surface area contributed by atoms with E-state index in [1.807, 2.05) is 30.3 Å². The van der Waals surface area contributed by atoms with Gasteiger partial charge >= 0.3 is 6.09 Å². The average molecular weight is 336 g/mol. The van der Waals surface area contributed by atoms with Crippen LogP contribution in [-0.2, 0) is 20.7 Å². The molecule has 1 aromatic carbocycles. The van der Waals surface area contributed by atoms with E-state index in [1.54, 1.807) is 34.9 Å². The van der Waals surface area contributed by atoms with Crippen molar-refractivity contribution in [1.82, 2.24) is 10.2 Å². The molecule has 0 spiro atoms. The van der Waals surface area contributed by atoms with Gasteiger partial charge in [0.1, 0.15) is 5.60 Å². The van der Waals surface area contributed by atoms with Crippen LogP contribution in [-0.4, -0.2) is 55.9 Å². The van der Waals surface area contributed by atoms with Crippen molar-refractivity contribution in [3.8, 4) is 0 Å². The highest BCUT2D eigenvalue weighted by Crippen LogP contribution is 2.12. The molecule has 0 radical (unpaired) electrons. The minimum absolute atomic E-state index is 0.213. The molecule has 0 saturated carbocycles. The Morgan fingerprint density at radius 1 is 1.17 bits per heavy atom. The average Bonchev–Trinajstić information content (AvgIpc) is 2.46. The van der Waals surface area contributed by atoms with Crippen LogP contribution >= 0.6 is 0 Å². The Morgan fingerprint density at radius 2 is 1.75 bits per heavy atom. The van der Waals surface area contributed by atoms with Gasteiger partial charge in [0.2, 0.25) is 0 Å². The van der Waals surface area contributed by atoms with Gasteiger partial charge in [0.25, 0.3) is 5.91 Å². The van der Waals surface area contributed by atoms with Crippen molar-refractivity contribution < 1.29 is 19.1 Å². The van der Waals surface area contributed by atoms with Crippen LogP contribution < -0.4 is 5.32 Å². The van der Waals surface area contributed by atoms with Crippen molar-refractivity contribution in [3.63, 3.8) is 0 Å². The number of nitrogens with one attached hydrogen (secondary N) is 1. The molecule has 1 rings (SSSR count). The first kappa shape index (κ1) is 20.0. The first-order valence-electron chi connectivity index (χ1n) is 7.91. The van der Waals surface area contributed by atoms with E-state index in [0.717, 1.165) is 5.56 Å². The van der Waals surface area contributed by atoms with Crippen LogP contribution in [0.5, 0.6) is 0 Å². The molecule has 2 unspecified atom stereocenters. The molecule has 0 aliphatic rings. The summed E-state index contributed by atoms with van der Waals surface area (Å²) in [6.45, 7) is 5.37. The van der Waals surface area contributed by atoms with Gasteiger partial charge in [-0.25, -0.2) is 4.79 Å². The zero-order chi connectivity index (χ0) is 18.3. The fourth-order valence-corrected chi connectivity index (χ4v) is 2.25. The molecule has 0 fully saturated rings. The van der Waals surface area contributed by atoms with Crippen molar-refractivity contribution in [3.05, 3.63) is 35.9 Å². The number of alkyl carbamates (subject to hydrolysis) is 1. The van der Waals surface area contributed by atoms with Crippen molar-refractivity contribution in [2.24, 2.45) is 0 Å². The van der Waals surface area contributed by atoms with Gasteiger partial charge in [-0.3, -0.25) is 4.79 Å². The van der Waals surface area contributed by atoms with Crippen LogP contribution in [0.3, 0.4) is 0 Å². The highest BCUT2D eigenvalue weighted by atomic mass is 16.6. The molecule has 0 aromatic heterocycles. The number of methoxy groups -OCH3 is 1. The van der Waals surface area contributed by atoms with Crippen LogP contribution in [0.1, 0.15) is 26.3 Å². The summed E-state index contributed by atoms with van der Waals surface area (Å²) in [5, 5.41) is 2.78. The normalized spacial score (nSPS) is 13.8. The highest BCUT2D eigenvalue weighted by molar-refractivity contribution is 5.82. The van der Waals surface area contributed by atoms with Crippen LogP contribution in [0.15, 0.2) is 30.3 Å². The Labute approximate surface area is 144 Å². The second-order valence-electron chi connectivity index (χ2n) is 6.83. The van der Waals surface area contributed by atoms with Gasteiger partial charge < -0.3 is 19.7 Å². The molecule has 134 valence electrons. The molecule has 0 heterocycles. The fraction of sp³-hybridized carbons (Fsp3) is 0.556. The summed E-state index contributed by atoms with van der Waals surface area (Å²) < 4.78 is 10.7. The van der Waals surface area contributed by atoms with Crippen LogP contribution in [0.4, 0.5) is 4.79 Å². The maximum atomic E-state index is 12.4. The Hall–Kier alpha value is -2.08. The number of likely N-dealkylation sites (N-methyl/N-ethyl adjacent to an activating group) is 1. The highest BCUT2D eigenvalue weighted by Gasteiger charge is 2.32. The molecule has 0 saturated heterocycles. The van der Waals surface area contributed by atoms with E-state index in [0.29, 0.717) is 6.42 Å². The molecular weight excluding hydrogens is 308 g/mol. The lowest BCUT2D eigenvalue weighted by Crippen LogP contribution is -2.53. The summed E-state index contributed by atoms with van der Waals surface area (Å²) in [5.41, 5.74) is 0.377. The number of hydrogen-bond acceptors (Lipinski definition) is 4. The first-order chi connectivity index (χ1) is 11.1. The van der Waals surface area contributed by atoms with Crippen molar-refractivity contribution in [2.45, 2.75) is 44.9 Å². The predicted octanol–water partition coefficient (Wildman–Crippen LogP) is 2.23. The largest absolute Gasteiger partial charge is 0.444 e. The maximum Gasteiger partial charge on any atom is 0.407 e. The van der Waals surface area contributed by atoms with E-state index >= 15 is 0 Å². The number of carbonyl (C=O) groups is 2. The minimum atomic E-state index is -0.798. The molecule has 6 heteroatoms. The second kappa shape index (κ2) is 8.68. The quantitative estimate of drug-likeness (QED) is 0.865. The fourth-order valence-electron chi connectivity index (χ4n) is 2.25. The molecule has 0 aliphatic heterocycles. The van der Waals surface area contributed by atoms with E-state index in [9.17, 15) is 9.59 Å². The van der Waals surface area contributed by atoms with Gasteiger partial charge in [-0.2, -0.15) is 0 Å². The molecule has 2 amide bonds. The lowest BCUT2D eigenvalue weighted by atomic mass is 10.0. The van der Waals surface area contributed by atoms with Gasteiger partial charge in [0, 0.05) is 21.2 Å². The van der Waals surface area contributed by atoms with E-state index in [-0.39, 0.29) is 5.91 Å². The van der Waals surface area contributed by atoms with Gasteiger partial charge in [-0.05, 0) is 32.8 Å². The number of amides is 2.